The van der Waals surface area contributed by atoms with Gasteiger partial charge in [0.25, 0.3) is 0 Å². The lowest BCUT2D eigenvalue weighted by molar-refractivity contribution is 0.0961. The van der Waals surface area contributed by atoms with Gasteiger partial charge in [-0.15, -0.1) is 0 Å². The first kappa shape index (κ1) is 17.4. The Hall–Kier alpha value is -2.42. The van der Waals surface area contributed by atoms with Gasteiger partial charge in [-0.2, -0.15) is 0 Å². The number of nitrogens with zero attached hydrogens (tertiary/aromatic N) is 1. The van der Waals surface area contributed by atoms with Crippen molar-refractivity contribution in [2.75, 3.05) is 19.8 Å². The van der Waals surface area contributed by atoms with E-state index in [1.165, 1.54) is 0 Å². The van der Waals surface area contributed by atoms with Gasteiger partial charge in [-0.3, -0.25) is 4.79 Å². The van der Waals surface area contributed by atoms with E-state index in [1.807, 2.05) is 30.3 Å². The molecular weight excluding hydrogens is 318 g/mol. The Balaban J connectivity index is 1.39. The highest BCUT2D eigenvalue weighted by Crippen LogP contribution is 2.19. The van der Waals surface area contributed by atoms with Gasteiger partial charge in [0.1, 0.15) is 18.9 Å². The van der Waals surface area contributed by atoms with E-state index in [2.05, 4.69) is 17.0 Å². The molecule has 1 fully saturated rings. The predicted molar refractivity (Wildman–Crippen MR) is 92.0 cm³/mol. The molecule has 1 unspecified atom stereocenters. The highest BCUT2D eigenvalue weighted by atomic mass is 16.5. The van der Waals surface area contributed by atoms with Crippen LogP contribution in [0.1, 0.15) is 41.1 Å². The fourth-order valence-electron chi connectivity index (χ4n) is 2.65. The molecule has 0 aliphatic carbocycles. The minimum Gasteiger partial charge on any atom is -0.381 e. The molecule has 1 atom stereocenters. The lowest BCUT2D eigenvalue weighted by Gasteiger charge is -2.04. The third-order valence-corrected chi connectivity index (χ3v) is 4.07. The van der Waals surface area contributed by atoms with Gasteiger partial charge in [-0.25, -0.2) is 0 Å². The number of aromatic nitrogens is 1. The second-order valence-corrected chi connectivity index (χ2v) is 6.03. The number of benzene rings is 1. The van der Waals surface area contributed by atoms with Gasteiger partial charge in [0.2, 0.25) is 0 Å². The summed E-state index contributed by atoms with van der Waals surface area (Å²) in [5.41, 5.74) is 1.32. The van der Waals surface area contributed by atoms with Crippen LogP contribution in [-0.4, -0.2) is 30.8 Å². The van der Waals surface area contributed by atoms with Gasteiger partial charge >= 0.3 is 0 Å². The fourth-order valence-corrected chi connectivity index (χ4v) is 2.65. The normalized spacial score (nSPS) is 16.4. The second kappa shape index (κ2) is 9.16. The summed E-state index contributed by atoms with van der Waals surface area (Å²) in [5.74, 6) is 6.98. The van der Waals surface area contributed by atoms with E-state index in [0.29, 0.717) is 30.4 Å². The minimum absolute atomic E-state index is 0.00534. The van der Waals surface area contributed by atoms with Crippen molar-refractivity contribution in [3.8, 4) is 11.8 Å². The molecule has 1 aromatic carbocycles. The Morgan fingerprint density at radius 3 is 3.00 bits per heavy atom. The first-order valence-corrected chi connectivity index (χ1v) is 8.49. The van der Waals surface area contributed by atoms with Gasteiger partial charge in [-0.05, 0) is 30.9 Å². The number of carbonyl (C=O) groups excluding carboxylic acids is 1. The average molecular weight is 339 g/mol. The van der Waals surface area contributed by atoms with Crippen LogP contribution >= 0.6 is 0 Å². The number of hydrogen-bond acceptors (Lipinski definition) is 5. The summed E-state index contributed by atoms with van der Waals surface area (Å²) >= 11 is 0. The van der Waals surface area contributed by atoms with Crippen molar-refractivity contribution in [1.82, 2.24) is 5.16 Å². The fraction of sp³-hybridized carbons (Fsp3) is 0.400. The van der Waals surface area contributed by atoms with Crippen LogP contribution in [0.5, 0.6) is 0 Å². The monoisotopic (exact) mass is 339 g/mol. The van der Waals surface area contributed by atoms with Crippen LogP contribution in [0.25, 0.3) is 0 Å². The average Bonchev–Trinajstić information content (AvgIpc) is 3.32. The summed E-state index contributed by atoms with van der Waals surface area (Å²) < 4.78 is 15.9. The Kier molecular flexibility index (Phi) is 6.38. The largest absolute Gasteiger partial charge is 0.381 e. The van der Waals surface area contributed by atoms with Crippen molar-refractivity contribution in [3.05, 3.63) is 53.4 Å². The summed E-state index contributed by atoms with van der Waals surface area (Å²) in [4.78, 5) is 12.1. The van der Waals surface area contributed by atoms with Crippen molar-refractivity contribution in [1.29, 1.82) is 0 Å². The number of hydrogen-bond donors (Lipinski definition) is 0. The van der Waals surface area contributed by atoms with E-state index < -0.39 is 0 Å². The molecule has 0 N–H and O–H groups in total. The zero-order chi connectivity index (χ0) is 17.3. The van der Waals surface area contributed by atoms with Crippen LogP contribution in [0, 0.1) is 17.8 Å². The minimum atomic E-state index is 0.00534. The molecule has 2 aromatic rings. The van der Waals surface area contributed by atoms with E-state index in [1.54, 1.807) is 6.07 Å². The molecule has 25 heavy (non-hydrogen) atoms. The quantitative estimate of drug-likeness (QED) is 0.440. The molecule has 1 aromatic heterocycles. The summed E-state index contributed by atoms with van der Waals surface area (Å²) in [6.45, 7) is 2.10. The standard InChI is InChI=1S/C20H21NO4/c22-20(9-8-17-10-12-24-14-17)19-13-18(25-21-19)15-23-11-4-7-16-5-2-1-3-6-16/h1-3,5-6,13,17H,8-12,14-15H2. The van der Waals surface area contributed by atoms with E-state index in [-0.39, 0.29) is 12.4 Å². The third-order valence-electron chi connectivity index (χ3n) is 4.07. The van der Waals surface area contributed by atoms with E-state index in [4.69, 9.17) is 14.0 Å². The summed E-state index contributed by atoms with van der Waals surface area (Å²) in [7, 11) is 0. The van der Waals surface area contributed by atoms with Crippen LogP contribution in [-0.2, 0) is 16.1 Å². The van der Waals surface area contributed by atoms with Gasteiger partial charge in [0, 0.05) is 31.3 Å². The first-order chi connectivity index (χ1) is 12.3. The summed E-state index contributed by atoms with van der Waals surface area (Å²) in [5, 5.41) is 3.84. The Morgan fingerprint density at radius 1 is 1.32 bits per heavy atom. The zero-order valence-corrected chi connectivity index (χ0v) is 14.1. The van der Waals surface area contributed by atoms with Crippen molar-refractivity contribution < 1.29 is 18.8 Å². The van der Waals surface area contributed by atoms with Crippen LogP contribution < -0.4 is 0 Å². The zero-order valence-electron chi connectivity index (χ0n) is 14.1. The van der Waals surface area contributed by atoms with Gasteiger partial charge in [-0.1, -0.05) is 35.2 Å². The van der Waals surface area contributed by atoms with E-state index in [0.717, 1.165) is 31.6 Å². The first-order valence-electron chi connectivity index (χ1n) is 8.49. The Morgan fingerprint density at radius 2 is 2.20 bits per heavy atom. The molecular formula is C20H21NO4. The van der Waals surface area contributed by atoms with Crippen molar-refractivity contribution >= 4 is 5.78 Å². The van der Waals surface area contributed by atoms with Gasteiger partial charge in [0.05, 0.1) is 0 Å². The molecule has 2 heterocycles. The molecule has 0 saturated carbocycles. The molecule has 5 nitrogen and oxygen atoms in total. The van der Waals surface area contributed by atoms with E-state index in [9.17, 15) is 4.79 Å². The predicted octanol–water partition coefficient (Wildman–Crippen LogP) is 3.24. The van der Waals surface area contributed by atoms with Gasteiger partial charge < -0.3 is 14.0 Å². The van der Waals surface area contributed by atoms with Gasteiger partial charge in [0.15, 0.2) is 11.5 Å². The molecule has 0 amide bonds. The Bertz CT molecular complexity index is 736. The molecule has 3 rings (SSSR count). The molecule has 0 radical (unpaired) electrons. The van der Waals surface area contributed by atoms with Crippen LogP contribution in [0.3, 0.4) is 0 Å². The highest BCUT2D eigenvalue weighted by molar-refractivity contribution is 5.94. The smallest absolute Gasteiger partial charge is 0.184 e. The van der Waals surface area contributed by atoms with Crippen LogP contribution in [0.2, 0.25) is 0 Å². The lowest BCUT2D eigenvalue weighted by atomic mass is 10.00. The van der Waals surface area contributed by atoms with Crippen molar-refractivity contribution in [3.63, 3.8) is 0 Å². The molecule has 1 aliphatic heterocycles. The number of ether oxygens (including phenoxy) is 2. The molecule has 1 saturated heterocycles. The summed E-state index contributed by atoms with van der Waals surface area (Å²) in [6.07, 6.45) is 2.35. The van der Waals surface area contributed by atoms with Crippen LogP contribution in [0.15, 0.2) is 40.9 Å². The van der Waals surface area contributed by atoms with Crippen LogP contribution in [0.4, 0.5) is 0 Å². The molecule has 1 aliphatic rings. The molecule has 0 bridgehead atoms. The maximum absolute atomic E-state index is 12.1. The molecule has 0 spiro atoms. The Labute approximate surface area is 147 Å². The van der Waals surface area contributed by atoms with Crippen molar-refractivity contribution in [2.24, 2.45) is 5.92 Å². The maximum Gasteiger partial charge on any atom is 0.184 e. The lowest BCUT2D eigenvalue weighted by Crippen LogP contribution is -2.05. The maximum atomic E-state index is 12.1. The SMILES string of the molecule is O=C(CCC1CCOC1)c1cc(COCC#Cc2ccccc2)on1. The number of ketones is 1. The highest BCUT2D eigenvalue weighted by Gasteiger charge is 2.19. The molecule has 130 valence electrons. The number of rotatable bonds is 7. The summed E-state index contributed by atoms with van der Waals surface area (Å²) in [6, 6.07) is 11.4. The van der Waals surface area contributed by atoms with Crippen molar-refractivity contribution in [2.45, 2.75) is 25.9 Å². The topological polar surface area (TPSA) is 61.6 Å². The third kappa shape index (κ3) is 5.56. The number of carbonyl (C=O) groups is 1. The molecule has 5 heteroatoms. The second-order valence-electron chi connectivity index (χ2n) is 6.03. The van der Waals surface area contributed by atoms with E-state index >= 15 is 0 Å². The number of Topliss-reactive ketones (excluding diaryl/α,β-unsaturated/α-hetero) is 1.